The number of pyridine rings is 1. The van der Waals surface area contributed by atoms with Gasteiger partial charge in [-0.25, -0.2) is 9.37 Å². The summed E-state index contributed by atoms with van der Waals surface area (Å²) in [6.45, 7) is 5.53. The molecule has 0 fully saturated rings. The van der Waals surface area contributed by atoms with E-state index in [0.29, 0.717) is 28.8 Å². The molecule has 0 spiro atoms. The van der Waals surface area contributed by atoms with E-state index in [1.165, 1.54) is 6.07 Å². The Balaban J connectivity index is 2.26. The lowest BCUT2D eigenvalue weighted by Gasteiger charge is -2.09. The predicted molar refractivity (Wildman–Crippen MR) is 94.2 cm³/mol. The van der Waals surface area contributed by atoms with Crippen LogP contribution in [0.3, 0.4) is 0 Å². The van der Waals surface area contributed by atoms with Gasteiger partial charge in [0.1, 0.15) is 11.5 Å². The highest BCUT2D eigenvalue weighted by molar-refractivity contribution is 6.17. The Bertz CT molecular complexity index is 923. The van der Waals surface area contributed by atoms with Crippen LogP contribution in [0.5, 0.6) is 0 Å². The Morgan fingerprint density at radius 3 is 2.67 bits per heavy atom. The normalized spacial score (nSPS) is 11.2. The Morgan fingerprint density at radius 2 is 2.04 bits per heavy atom. The summed E-state index contributed by atoms with van der Waals surface area (Å²) in [5.41, 5.74) is 4.54. The fourth-order valence-electron chi connectivity index (χ4n) is 2.93. The molecule has 2 heterocycles. The van der Waals surface area contributed by atoms with Gasteiger partial charge in [-0.2, -0.15) is 0 Å². The molecule has 3 aromatic rings. The van der Waals surface area contributed by atoms with Gasteiger partial charge < -0.3 is 4.40 Å². The number of aryl methyl sites for hydroxylation is 2. The molecule has 0 aliphatic carbocycles. The molecular formula is C19H18ClFN2O. The number of halogens is 2. The molecule has 5 heteroatoms. The molecule has 3 nitrogen and oxygen atoms in total. The summed E-state index contributed by atoms with van der Waals surface area (Å²) in [6, 6.07) is 6.90. The number of rotatable bonds is 4. The van der Waals surface area contributed by atoms with Gasteiger partial charge in [-0.05, 0) is 49.2 Å². The van der Waals surface area contributed by atoms with Crippen molar-refractivity contribution in [1.82, 2.24) is 9.38 Å². The second kappa shape index (κ2) is 6.36. The summed E-state index contributed by atoms with van der Waals surface area (Å²) in [5.74, 6) is -0.307. The van der Waals surface area contributed by atoms with Crippen molar-refractivity contribution in [2.75, 3.05) is 0 Å². The van der Waals surface area contributed by atoms with Gasteiger partial charge in [0.05, 0.1) is 17.3 Å². The van der Waals surface area contributed by atoms with E-state index >= 15 is 0 Å². The highest BCUT2D eigenvalue weighted by atomic mass is 35.5. The van der Waals surface area contributed by atoms with Gasteiger partial charge in [0.2, 0.25) is 0 Å². The molecule has 0 N–H and O–H groups in total. The summed E-state index contributed by atoms with van der Waals surface area (Å²) in [6.07, 6.45) is 2.24. The molecule has 24 heavy (non-hydrogen) atoms. The minimum absolute atomic E-state index is 0.0771. The standard InChI is InChI=1S/C19H18ClFN2O/c1-4-16(24)13-8-12(3)18(14(21)9-13)19-15(10-20)23-6-5-11(2)7-17(23)22-19/h5-9H,4,10H2,1-3H3. The molecule has 0 amide bonds. The third-order valence-corrected chi connectivity index (χ3v) is 4.43. The van der Waals surface area contributed by atoms with Crippen molar-refractivity contribution < 1.29 is 9.18 Å². The smallest absolute Gasteiger partial charge is 0.162 e. The number of imidazole rings is 1. The monoisotopic (exact) mass is 344 g/mol. The van der Waals surface area contributed by atoms with Crippen molar-refractivity contribution in [3.05, 3.63) is 58.7 Å². The molecule has 0 saturated carbocycles. The van der Waals surface area contributed by atoms with Crippen LogP contribution in [0, 0.1) is 19.7 Å². The molecule has 0 bridgehead atoms. The van der Waals surface area contributed by atoms with Crippen LogP contribution in [0.15, 0.2) is 30.5 Å². The number of benzene rings is 1. The van der Waals surface area contributed by atoms with Crippen molar-refractivity contribution in [1.29, 1.82) is 0 Å². The van der Waals surface area contributed by atoms with E-state index in [1.54, 1.807) is 19.9 Å². The zero-order chi connectivity index (χ0) is 17.4. The van der Waals surface area contributed by atoms with Crippen LogP contribution < -0.4 is 0 Å². The van der Waals surface area contributed by atoms with Crippen molar-refractivity contribution >= 4 is 23.0 Å². The van der Waals surface area contributed by atoms with Crippen LogP contribution in [-0.4, -0.2) is 15.2 Å². The number of ketones is 1. The maximum atomic E-state index is 14.8. The Labute approximate surface area is 145 Å². The number of aromatic nitrogens is 2. The van der Waals surface area contributed by atoms with Crippen LogP contribution in [-0.2, 0) is 5.88 Å². The zero-order valence-electron chi connectivity index (χ0n) is 13.9. The maximum Gasteiger partial charge on any atom is 0.162 e. The number of hydrogen-bond acceptors (Lipinski definition) is 2. The SMILES string of the molecule is CCC(=O)c1cc(C)c(-c2nc3cc(C)ccn3c2CCl)c(F)c1. The van der Waals surface area contributed by atoms with Crippen molar-refractivity contribution in [2.24, 2.45) is 0 Å². The number of nitrogens with zero attached hydrogens (tertiary/aromatic N) is 2. The maximum absolute atomic E-state index is 14.8. The molecule has 2 aromatic heterocycles. The molecular weight excluding hydrogens is 327 g/mol. The van der Waals surface area contributed by atoms with E-state index in [-0.39, 0.29) is 11.7 Å². The van der Waals surface area contributed by atoms with E-state index in [4.69, 9.17) is 11.6 Å². The molecule has 0 aliphatic heterocycles. The Kier molecular flexibility index (Phi) is 4.41. The molecule has 0 radical (unpaired) electrons. The molecule has 3 rings (SSSR count). The van der Waals surface area contributed by atoms with Crippen molar-refractivity contribution in [2.45, 2.75) is 33.1 Å². The molecule has 0 saturated heterocycles. The average molecular weight is 345 g/mol. The number of carbonyl (C=O) groups is 1. The second-order valence-corrected chi connectivity index (χ2v) is 6.17. The number of alkyl halides is 1. The second-order valence-electron chi connectivity index (χ2n) is 5.90. The summed E-state index contributed by atoms with van der Waals surface area (Å²) in [5, 5.41) is 0. The third kappa shape index (κ3) is 2.71. The topological polar surface area (TPSA) is 34.4 Å². The quantitative estimate of drug-likeness (QED) is 0.488. The number of fused-ring (bicyclic) bond motifs is 1. The van der Waals surface area contributed by atoms with Gasteiger partial charge in [0.15, 0.2) is 5.78 Å². The van der Waals surface area contributed by atoms with E-state index in [2.05, 4.69) is 4.98 Å². The average Bonchev–Trinajstić information content (AvgIpc) is 2.90. The first-order chi connectivity index (χ1) is 11.5. The summed E-state index contributed by atoms with van der Waals surface area (Å²) < 4.78 is 16.6. The lowest BCUT2D eigenvalue weighted by Crippen LogP contribution is -2.01. The Morgan fingerprint density at radius 1 is 1.29 bits per heavy atom. The van der Waals surface area contributed by atoms with E-state index in [0.717, 1.165) is 16.9 Å². The van der Waals surface area contributed by atoms with Crippen LogP contribution >= 0.6 is 11.6 Å². The van der Waals surface area contributed by atoms with Crippen molar-refractivity contribution in [3.8, 4) is 11.3 Å². The number of hydrogen-bond donors (Lipinski definition) is 0. The summed E-state index contributed by atoms with van der Waals surface area (Å²) in [7, 11) is 0. The third-order valence-electron chi connectivity index (χ3n) is 4.17. The first kappa shape index (κ1) is 16.7. The van der Waals surface area contributed by atoms with Crippen LogP contribution in [0.1, 0.15) is 40.5 Å². The first-order valence-electron chi connectivity index (χ1n) is 7.83. The highest BCUT2D eigenvalue weighted by Crippen LogP contribution is 2.32. The zero-order valence-corrected chi connectivity index (χ0v) is 14.6. The summed E-state index contributed by atoms with van der Waals surface area (Å²) >= 11 is 6.11. The minimum Gasteiger partial charge on any atom is -0.302 e. The van der Waals surface area contributed by atoms with Crippen LogP contribution in [0.2, 0.25) is 0 Å². The van der Waals surface area contributed by atoms with Gasteiger partial charge in [-0.1, -0.05) is 6.92 Å². The molecule has 1 aromatic carbocycles. The fraction of sp³-hybridized carbons (Fsp3) is 0.263. The highest BCUT2D eigenvalue weighted by Gasteiger charge is 2.20. The number of Topliss-reactive ketones (excluding diaryl/α,β-unsaturated/α-hetero) is 1. The fourth-order valence-corrected chi connectivity index (χ4v) is 3.19. The lowest BCUT2D eigenvalue weighted by atomic mass is 9.98. The van der Waals surface area contributed by atoms with Gasteiger partial charge in [-0.15, -0.1) is 11.6 Å². The summed E-state index contributed by atoms with van der Waals surface area (Å²) in [4.78, 5) is 16.4. The predicted octanol–water partition coefficient (Wildman–Crippen LogP) is 5.09. The largest absolute Gasteiger partial charge is 0.302 e. The van der Waals surface area contributed by atoms with Crippen LogP contribution in [0.4, 0.5) is 4.39 Å². The van der Waals surface area contributed by atoms with Gasteiger partial charge in [0.25, 0.3) is 0 Å². The molecule has 0 atom stereocenters. The Hall–Kier alpha value is -2.20. The minimum atomic E-state index is -0.446. The van der Waals surface area contributed by atoms with Crippen molar-refractivity contribution in [3.63, 3.8) is 0 Å². The van der Waals surface area contributed by atoms with Gasteiger partial charge in [0, 0.05) is 23.7 Å². The first-order valence-corrected chi connectivity index (χ1v) is 8.37. The van der Waals surface area contributed by atoms with Gasteiger partial charge >= 0.3 is 0 Å². The van der Waals surface area contributed by atoms with E-state index in [1.807, 2.05) is 29.7 Å². The lowest BCUT2D eigenvalue weighted by molar-refractivity contribution is 0.0987. The number of carbonyl (C=O) groups excluding carboxylic acids is 1. The molecule has 124 valence electrons. The molecule has 0 aliphatic rings. The van der Waals surface area contributed by atoms with E-state index < -0.39 is 5.82 Å². The van der Waals surface area contributed by atoms with Crippen LogP contribution in [0.25, 0.3) is 16.9 Å². The molecule has 0 unspecified atom stereocenters. The van der Waals surface area contributed by atoms with E-state index in [9.17, 15) is 9.18 Å². The van der Waals surface area contributed by atoms with Gasteiger partial charge in [-0.3, -0.25) is 4.79 Å².